The van der Waals surface area contributed by atoms with E-state index in [4.69, 9.17) is 4.41 Å². The van der Waals surface area contributed by atoms with Crippen molar-refractivity contribution in [2.75, 3.05) is 33.7 Å². The van der Waals surface area contributed by atoms with Crippen LogP contribution in [0.25, 0.3) is 0 Å². The van der Waals surface area contributed by atoms with E-state index >= 15 is 0 Å². The summed E-state index contributed by atoms with van der Waals surface area (Å²) in [6.45, 7) is 11.6. The Bertz CT molecular complexity index is 188. The fraction of sp³-hybridized carbons (Fsp3) is 1.00. The maximum atomic E-state index is 4.99. The van der Waals surface area contributed by atoms with E-state index in [2.05, 4.69) is 52.0 Å². The average Bonchev–Trinajstić information content (AvgIpc) is 1.48. The van der Waals surface area contributed by atoms with Gasteiger partial charge in [-0.3, -0.25) is 0 Å². The lowest BCUT2D eigenvalue weighted by Crippen LogP contribution is -2.19. The van der Waals surface area contributed by atoms with E-state index in [0.29, 0.717) is 0 Å². The van der Waals surface area contributed by atoms with Crippen LogP contribution in [-0.4, -0.2) is 46.8 Å². The van der Waals surface area contributed by atoms with Crippen LogP contribution in [0.3, 0.4) is 0 Å². The second-order valence-corrected chi connectivity index (χ2v) is 13.8. The van der Waals surface area contributed by atoms with E-state index in [0.717, 1.165) is 6.29 Å². The molecule has 0 fully saturated rings. The number of hydrogen-bond donors (Lipinski definition) is 0. The highest BCUT2D eigenvalue weighted by Gasteiger charge is 2.16. The molecule has 0 rings (SSSR count). The van der Waals surface area contributed by atoms with Crippen molar-refractivity contribution in [3.63, 3.8) is 0 Å². The van der Waals surface area contributed by atoms with Crippen LogP contribution in [0.2, 0.25) is 19.6 Å². The Balaban J connectivity index is 4.49. The van der Waals surface area contributed by atoms with Gasteiger partial charge in [0, 0.05) is 6.29 Å². The van der Waals surface area contributed by atoms with E-state index < -0.39 is 15.3 Å². The van der Waals surface area contributed by atoms with Crippen molar-refractivity contribution in [2.24, 2.45) is 4.41 Å². The van der Waals surface area contributed by atoms with Crippen molar-refractivity contribution >= 4 is 15.3 Å². The molecular weight excluding hydrogens is 183 g/mol. The normalized spacial score (nSPS) is 13.7. The SMILES string of the molecule is CN(C)CP(C)(C)=N[Si](C)(C)C. The second-order valence-electron chi connectivity index (χ2n) is 5.11. The minimum absolute atomic E-state index is 1.01. The predicted molar refractivity (Wildman–Crippen MR) is 63.1 cm³/mol. The molecule has 0 aromatic carbocycles. The van der Waals surface area contributed by atoms with Gasteiger partial charge in [-0.15, -0.1) is 0 Å². The highest BCUT2D eigenvalue weighted by atomic mass is 31.2. The van der Waals surface area contributed by atoms with Crippen molar-refractivity contribution in [1.29, 1.82) is 0 Å². The first kappa shape index (κ1) is 12.4. The zero-order valence-electron chi connectivity index (χ0n) is 9.55. The Morgan fingerprint density at radius 2 is 1.58 bits per heavy atom. The third-order valence-corrected chi connectivity index (χ3v) is 7.02. The summed E-state index contributed by atoms with van der Waals surface area (Å²) in [6.07, 6.45) is 1.15. The molecule has 0 saturated carbocycles. The minimum Gasteiger partial charge on any atom is -0.337 e. The van der Waals surface area contributed by atoms with Crippen LogP contribution in [0.4, 0.5) is 0 Å². The molecular formula is C8H23N2PSi. The summed E-state index contributed by atoms with van der Waals surface area (Å²) in [4.78, 5) is 2.25. The van der Waals surface area contributed by atoms with Gasteiger partial charge in [0.1, 0.15) is 0 Å². The molecule has 0 N–H and O–H groups in total. The van der Waals surface area contributed by atoms with Gasteiger partial charge in [-0.2, -0.15) is 0 Å². The molecule has 0 radical (unpaired) electrons. The van der Waals surface area contributed by atoms with Crippen molar-refractivity contribution in [2.45, 2.75) is 19.6 Å². The molecule has 0 unspecified atom stereocenters. The van der Waals surface area contributed by atoms with Crippen molar-refractivity contribution in [3.8, 4) is 0 Å². The van der Waals surface area contributed by atoms with Crippen LogP contribution < -0.4 is 0 Å². The maximum absolute atomic E-state index is 4.99. The standard InChI is InChI=1S/C8H23N2PSi/c1-10(2)8-11(3,4)9-12(5,6)7/h8H2,1-7H3. The van der Waals surface area contributed by atoms with Crippen molar-refractivity contribution < 1.29 is 0 Å². The van der Waals surface area contributed by atoms with Gasteiger partial charge in [0.25, 0.3) is 0 Å². The number of nitrogens with zero attached hydrogens (tertiary/aromatic N) is 2. The van der Waals surface area contributed by atoms with Gasteiger partial charge < -0.3 is 9.31 Å². The monoisotopic (exact) mass is 206 g/mol. The molecule has 74 valence electrons. The molecule has 0 aromatic rings. The lowest BCUT2D eigenvalue weighted by Gasteiger charge is -2.24. The van der Waals surface area contributed by atoms with Crippen molar-refractivity contribution in [3.05, 3.63) is 0 Å². The molecule has 0 bridgehead atoms. The molecule has 0 aliphatic rings. The summed E-state index contributed by atoms with van der Waals surface area (Å²) in [5.74, 6) is 0. The molecule has 4 heteroatoms. The Labute approximate surface area is 78.5 Å². The van der Waals surface area contributed by atoms with Crippen LogP contribution in [0.1, 0.15) is 0 Å². The minimum atomic E-state index is -1.21. The first-order chi connectivity index (χ1) is 5.12. The van der Waals surface area contributed by atoms with Gasteiger partial charge in [0.05, 0.1) is 0 Å². The first-order valence-corrected chi connectivity index (χ1v) is 10.6. The van der Waals surface area contributed by atoms with Crippen LogP contribution in [0.15, 0.2) is 4.41 Å². The molecule has 0 aliphatic carbocycles. The molecule has 0 atom stereocenters. The highest BCUT2D eigenvalue weighted by Crippen LogP contribution is 2.42. The van der Waals surface area contributed by atoms with Crippen LogP contribution >= 0.6 is 7.05 Å². The number of hydrogen-bond acceptors (Lipinski definition) is 2. The second kappa shape index (κ2) is 4.08. The molecule has 0 heterocycles. The Hall–Kier alpha value is 0.407. The number of rotatable bonds is 3. The fourth-order valence-electron chi connectivity index (χ4n) is 1.54. The van der Waals surface area contributed by atoms with Gasteiger partial charge in [-0.1, -0.05) is 19.6 Å². The molecule has 0 amide bonds. The van der Waals surface area contributed by atoms with Crippen LogP contribution in [-0.2, 0) is 0 Å². The van der Waals surface area contributed by atoms with E-state index in [-0.39, 0.29) is 0 Å². The highest BCUT2D eigenvalue weighted by molar-refractivity contribution is 7.65. The van der Waals surface area contributed by atoms with Gasteiger partial charge in [-0.05, 0) is 34.5 Å². The van der Waals surface area contributed by atoms with E-state index in [1.807, 2.05) is 0 Å². The summed E-state index contributed by atoms with van der Waals surface area (Å²) in [5, 5.41) is 0. The fourth-order valence-corrected chi connectivity index (χ4v) is 9.67. The first-order valence-electron chi connectivity index (χ1n) is 4.34. The summed E-state index contributed by atoms with van der Waals surface area (Å²) < 4.78 is 4.99. The third-order valence-electron chi connectivity index (χ3n) is 1.20. The lowest BCUT2D eigenvalue weighted by atomic mass is 11.0. The average molecular weight is 206 g/mol. The van der Waals surface area contributed by atoms with Gasteiger partial charge in [-0.25, -0.2) is 0 Å². The van der Waals surface area contributed by atoms with E-state index in [1.165, 1.54) is 0 Å². The molecule has 0 aliphatic heterocycles. The van der Waals surface area contributed by atoms with Gasteiger partial charge >= 0.3 is 0 Å². The Morgan fingerprint density at radius 3 is 1.83 bits per heavy atom. The zero-order valence-corrected chi connectivity index (χ0v) is 11.4. The Morgan fingerprint density at radius 1 is 1.17 bits per heavy atom. The van der Waals surface area contributed by atoms with E-state index in [9.17, 15) is 0 Å². The molecule has 2 nitrogen and oxygen atoms in total. The largest absolute Gasteiger partial charge is 0.337 e. The predicted octanol–water partition coefficient (Wildman–Crippen LogP) is 2.80. The topological polar surface area (TPSA) is 15.6 Å². The maximum Gasteiger partial charge on any atom is 0.170 e. The summed E-state index contributed by atoms with van der Waals surface area (Å²) in [5.41, 5.74) is 0. The van der Waals surface area contributed by atoms with Crippen molar-refractivity contribution in [1.82, 2.24) is 4.90 Å². The zero-order chi connectivity index (χ0) is 9.99. The van der Waals surface area contributed by atoms with Crippen LogP contribution in [0, 0.1) is 0 Å². The third kappa shape index (κ3) is 7.08. The smallest absolute Gasteiger partial charge is 0.170 e. The lowest BCUT2D eigenvalue weighted by molar-refractivity contribution is 0.480. The summed E-state index contributed by atoms with van der Waals surface area (Å²) in [7, 11) is 2.03. The summed E-state index contributed by atoms with van der Waals surface area (Å²) >= 11 is 0. The van der Waals surface area contributed by atoms with Gasteiger partial charge in [0.15, 0.2) is 8.24 Å². The van der Waals surface area contributed by atoms with Crippen LogP contribution in [0.5, 0.6) is 0 Å². The Kier molecular flexibility index (Phi) is 4.22. The summed E-state index contributed by atoms with van der Waals surface area (Å²) in [6, 6.07) is 0. The van der Waals surface area contributed by atoms with E-state index in [1.54, 1.807) is 0 Å². The molecule has 0 spiro atoms. The molecule has 12 heavy (non-hydrogen) atoms. The quantitative estimate of drug-likeness (QED) is 0.512. The molecule has 0 aromatic heterocycles. The van der Waals surface area contributed by atoms with Gasteiger partial charge in [0.2, 0.25) is 0 Å². The molecule has 0 saturated heterocycles.